The minimum Gasteiger partial charge on any atom is -0.369 e. The van der Waals surface area contributed by atoms with Crippen LogP contribution in [0.1, 0.15) is 23.2 Å². The lowest BCUT2D eigenvalue weighted by molar-refractivity contribution is 0.326. The van der Waals surface area contributed by atoms with Crippen LogP contribution in [-0.4, -0.2) is 49.5 Å². The van der Waals surface area contributed by atoms with Crippen molar-refractivity contribution in [2.75, 3.05) is 25.0 Å². The Balaban J connectivity index is 1.50. The van der Waals surface area contributed by atoms with Crippen LogP contribution in [0.5, 0.6) is 0 Å². The number of hydrogen-bond donors (Lipinski definition) is 0. The normalized spacial score (nSPS) is 16.8. The molecule has 0 unspecified atom stereocenters. The zero-order valence-electron chi connectivity index (χ0n) is 18.6. The highest BCUT2D eigenvalue weighted by atomic mass is 32.2. The van der Waals surface area contributed by atoms with E-state index in [1.54, 1.807) is 6.92 Å². The highest BCUT2D eigenvalue weighted by Gasteiger charge is 2.30. The molecular formula is C24H26F2N4O2S. The molecule has 1 aliphatic rings. The Kier molecular flexibility index (Phi) is 6.71. The maximum atomic E-state index is 15.2. The first-order valence-electron chi connectivity index (χ1n) is 10.7. The summed E-state index contributed by atoms with van der Waals surface area (Å²) in [5.74, 6) is -2.29. The lowest BCUT2D eigenvalue weighted by Crippen LogP contribution is -2.35. The van der Waals surface area contributed by atoms with E-state index < -0.39 is 32.4 Å². The Morgan fingerprint density at radius 3 is 2.61 bits per heavy atom. The topological polar surface area (TPSA) is 66.4 Å². The number of rotatable bonds is 7. The SMILES string of the molecule is Cc1c(N(C)[C@H]2CCN(Cc3ccccc3)C2)cnc(S(=O)(=O)Cc2cccc(F)n2)c1F. The first kappa shape index (κ1) is 23.3. The van der Waals surface area contributed by atoms with Gasteiger partial charge in [0.1, 0.15) is 0 Å². The van der Waals surface area contributed by atoms with Crippen molar-refractivity contribution in [1.82, 2.24) is 14.9 Å². The van der Waals surface area contributed by atoms with Crippen LogP contribution in [0.4, 0.5) is 14.5 Å². The van der Waals surface area contributed by atoms with E-state index in [-0.39, 0.29) is 17.3 Å². The minimum absolute atomic E-state index is 0.000453. The third-order valence-electron chi connectivity index (χ3n) is 6.03. The van der Waals surface area contributed by atoms with Crippen LogP contribution < -0.4 is 4.90 Å². The van der Waals surface area contributed by atoms with Crippen molar-refractivity contribution in [3.8, 4) is 0 Å². The van der Waals surface area contributed by atoms with Crippen molar-refractivity contribution in [3.63, 3.8) is 0 Å². The van der Waals surface area contributed by atoms with Crippen LogP contribution in [0.15, 0.2) is 59.8 Å². The van der Waals surface area contributed by atoms with Gasteiger partial charge in [-0.05, 0) is 31.0 Å². The Bertz CT molecular complexity index is 1240. The summed E-state index contributed by atoms with van der Waals surface area (Å²) in [7, 11) is -2.25. The van der Waals surface area contributed by atoms with E-state index in [0.29, 0.717) is 5.69 Å². The quantitative estimate of drug-likeness (QED) is 0.488. The fourth-order valence-corrected chi connectivity index (χ4v) is 5.55. The second kappa shape index (κ2) is 9.52. The van der Waals surface area contributed by atoms with Gasteiger partial charge in [0, 0.05) is 38.3 Å². The van der Waals surface area contributed by atoms with Crippen molar-refractivity contribution in [3.05, 3.63) is 83.3 Å². The fraction of sp³-hybridized carbons (Fsp3) is 0.333. The second-order valence-electron chi connectivity index (χ2n) is 8.37. The molecule has 0 radical (unpaired) electrons. The number of halogens is 2. The number of nitrogens with zero attached hydrogens (tertiary/aromatic N) is 4. The molecule has 6 nitrogen and oxygen atoms in total. The van der Waals surface area contributed by atoms with Crippen LogP contribution >= 0.6 is 0 Å². The van der Waals surface area contributed by atoms with Crippen molar-refractivity contribution in [1.29, 1.82) is 0 Å². The molecule has 2 aromatic heterocycles. The van der Waals surface area contributed by atoms with E-state index in [2.05, 4.69) is 27.0 Å². The number of benzene rings is 1. The highest BCUT2D eigenvalue weighted by Crippen LogP contribution is 2.29. The molecule has 0 aliphatic carbocycles. The number of aromatic nitrogens is 2. The summed E-state index contributed by atoms with van der Waals surface area (Å²) in [5.41, 5.74) is 2.02. The predicted octanol–water partition coefficient (Wildman–Crippen LogP) is 3.75. The maximum absolute atomic E-state index is 15.2. The van der Waals surface area contributed by atoms with Crippen LogP contribution in [0.3, 0.4) is 0 Å². The molecule has 1 fully saturated rings. The third-order valence-corrected chi connectivity index (χ3v) is 7.58. The second-order valence-corrected chi connectivity index (χ2v) is 10.3. The molecule has 1 aliphatic heterocycles. The number of hydrogen-bond acceptors (Lipinski definition) is 6. The van der Waals surface area contributed by atoms with Gasteiger partial charge in [-0.15, -0.1) is 0 Å². The van der Waals surface area contributed by atoms with Crippen LogP contribution in [0, 0.1) is 18.7 Å². The maximum Gasteiger partial charge on any atom is 0.213 e. The molecule has 3 aromatic rings. The van der Waals surface area contributed by atoms with E-state index in [1.807, 2.05) is 30.1 Å². The van der Waals surface area contributed by atoms with Crippen LogP contribution in [-0.2, 0) is 22.1 Å². The number of likely N-dealkylation sites (N-methyl/N-ethyl adjacent to an activating group) is 1. The van der Waals surface area contributed by atoms with E-state index in [4.69, 9.17) is 0 Å². The first-order chi connectivity index (χ1) is 15.7. The summed E-state index contributed by atoms with van der Waals surface area (Å²) in [4.78, 5) is 11.9. The number of pyridine rings is 2. The average molecular weight is 473 g/mol. The zero-order chi connectivity index (χ0) is 23.6. The van der Waals surface area contributed by atoms with E-state index >= 15 is 4.39 Å². The predicted molar refractivity (Wildman–Crippen MR) is 123 cm³/mol. The van der Waals surface area contributed by atoms with Gasteiger partial charge in [0.25, 0.3) is 0 Å². The molecule has 0 saturated carbocycles. The largest absolute Gasteiger partial charge is 0.369 e. The molecule has 1 aromatic carbocycles. The Morgan fingerprint density at radius 1 is 1.12 bits per heavy atom. The average Bonchev–Trinajstić information content (AvgIpc) is 3.24. The van der Waals surface area contributed by atoms with Crippen molar-refractivity contribution >= 4 is 15.5 Å². The minimum atomic E-state index is -4.13. The van der Waals surface area contributed by atoms with Gasteiger partial charge in [-0.2, -0.15) is 4.39 Å². The lowest BCUT2D eigenvalue weighted by atomic mass is 10.1. The van der Waals surface area contributed by atoms with Crippen molar-refractivity contribution in [2.45, 2.75) is 36.7 Å². The molecule has 174 valence electrons. The monoisotopic (exact) mass is 472 g/mol. The molecule has 4 rings (SSSR count). The molecule has 0 bridgehead atoms. The fourth-order valence-electron chi connectivity index (χ4n) is 4.22. The van der Waals surface area contributed by atoms with Crippen LogP contribution in [0.25, 0.3) is 0 Å². The van der Waals surface area contributed by atoms with Gasteiger partial charge >= 0.3 is 0 Å². The number of anilines is 1. The summed E-state index contributed by atoms with van der Waals surface area (Å²) >= 11 is 0. The smallest absolute Gasteiger partial charge is 0.213 e. The van der Waals surface area contributed by atoms with Crippen molar-refractivity contribution < 1.29 is 17.2 Å². The standard InChI is InChI=1S/C24H26F2N4O2S/c1-17-21(29(2)20-11-12-30(15-20)14-18-7-4-3-5-8-18)13-27-24(23(17)26)33(31,32)16-19-9-6-10-22(25)28-19/h3-10,13,20H,11-12,14-16H2,1-2H3/t20-/m0/s1. The van der Waals surface area contributed by atoms with Gasteiger partial charge in [0.2, 0.25) is 15.8 Å². The summed E-state index contributed by atoms with van der Waals surface area (Å²) in [6, 6.07) is 14.3. The Hall–Kier alpha value is -2.91. The van der Waals surface area contributed by atoms with Crippen molar-refractivity contribution in [2.24, 2.45) is 0 Å². The Labute approximate surface area is 192 Å². The molecule has 0 spiro atoms. The molecule has 0 N–H and O–H groups in total. The first-order valence-corrected chi connectivity index (χ1v) is 12.4. The lowest BCUT2D eigenvalue weighted by Gasteiger charge is -2.28. The highest BCUT2D eigenvalue weighted by molar-refractivity contribution is 7.90. The summed E-state index contributed by atoms with van der Waals surface area (Å²) in [6.07, 6.45) is 2.32. The molecule has 9 heteroatoms. The van der Waals surface area contributed by atoms with Crippen LogP contribution in [0.2, 0.25) is 0 Å². The van der Waals surface area contributed by atoms with Gasteiger partial charge in [-0.1, -0.05) is 36.4 Å². The molecule has 33 heavy (non-hydrogen) atoms. The molecular weight excluding hydrogens is 446 g/mol. The van der Waals surface area contributed by atoms with Gasteiger partial charge in [0.15, 0.2) is 10.8 Å². The van der Waals surface area contributed by atoms with E-state index in [1.165, 1.54) is 23.9 Å². The molecule has 1 atom stereocenters. The Morgan fingerprint density at radius 2 is 1.88 bits per heavy atom. The summed E-state index contributed by atoms with van der Waals surface area (Å²) in [6.45, 7) is 4.14. The number of likely N-dealkylation sites (tertiary alicyclic amines) is 1. The number of sulfone groups is 1. The van der Waals surface area contributed by atoms with E-state index in [9.17, 15) is 12.8 Å². The van der Waals surface area contributed by atoms with Gasteiger partial charge in [0.05, 0.1) is 23.3 Å². The van der Waals surface area contributed by atoms with Gasteiger partial charge in [-0.25, -0.2) is 22.8 Å². The summed E-state index contributed by atoms with van der Waals surface area (Å²) < 4.78 is 54.0. The van der Waals surface area contributed by atoms with E-state index in [0.717, 1.165) is 32.1 Å². The summed E-state index contributed by atoms with van der Waals surface area (Å²) in [5, 5.41) is -0.639. The molecule has 1 saturated heterocycles. The molecule has 3 heterocycles. The zero-order valence-corrected chi connectivity index (χ0v) is 19.4. The van der Waals surface area contributed by atoms with Gasteiger partial charge < -0.3 is 4.90 Å². The molecule has 0 amide bonds. The van der Waals surface area contributed by atoms with Gasteiger partial charge in [-0.3, -0.25) is 4.90 Å². The third kappa shape index (κ3) is 5.20.